The first kappa shape index (κ1) is 13.5. The van der Waals surface area contributed by atoms with Crippen molar-refractivity contribution in [3.05, 3.63) is 22.2 Å². The number of nitrogen functional groups attached to an aromatic ring is 1. The highest BCUT2D eigenvalue weighted by atomic mass is 16.6. The average Bonchev–Trinajstić information content (AvgIpc) is 2.75. The van der Waals surface area contributed by atoms with E-state index < -0.39 is 10.5 Å². The smallest absolute Gasteiger partial charge is 0.311 e. The van der Waals surface area contributed by atoms with Gasteiger partial charge in [0.1, 0.15) is 5.82 Å². The minimum Gasteiger partial charge on any atom is -0.388 e. The lowest BCUT2D eigenvalue weighted by molar-refractivity contribution is -0.384. The fourth-order valence-corrected chi connectivity index (χ4v) is 2.59. The fraction of sp³-hybridized carbons (Fsp3) is 0.583. The van der Waals surface area contributed by atoms with Crippen molar-refractivity contribution in [3.8, 4) is 0 Å². The molecule has 3 N–H and O–H groups in total. The lowest BCUT2D eigenvalue weighted by atomic mass is 10.0. The predicted molar refractivity (Wildman–Crippen MR) is 72.0 cm³/mol. The Labute approximate surface area is 111 Å². The van der Waals surface area contributed by atoms with Gasteiger partial charge < -0.3 is 15.7 Å². The molecule has 1 saturated carbocycles. The third-order valence-electron chi connectivity index (χ3n) is 3.50. The summed E-state index contributed by atoms with van der Waals surface area (Å²) < 4.78 is 0. The summed E-state index contributed by atoms with van der Waals surface area (Å²) in [6.45, 7) is 0.324. The lowest BCUT2D eigenvalue weighted by Gasteiger charge is -2.29. The molecule has 7 heteroatoms. The highest BCUT2D eigenvalue weighted by Crippen LogP contribution is 2.33. The Morgan fingerprint density at radius 1 is 1.53 bits per heavy atom. The van der Waals surface area contributed by atoms with Gasteiger partial charge in [0.2, 0.25) is 5.82 Å². The van der Waals surface area contributed by atoms with Gasteiger partial charge in [-0.2, -0.15) is 0 Å². The number of hydrogen-bond acceptors (Lipinski definition) is 6. The zero-order chi connectivity index (χ0) is 14.0. The van der Waals surface area contributed by atoms with Crippen molar-refractivity contribution >= 4 is 17.3 Å². The number of likely N-dealkylation sites (N-methyl/N-ethyl adjacent to an activating group) is 1. The molecule has 0 radical (unpaired) electrons. The van der Waals surface area contributed by atoms with Crippen LogP contribution < -0.4 is 10.6 Å². The molecule has 0 aromatic carbocycles. The van der Waals surface area contributed by atoms with E-state index in [1.807, 2.05) is 0 Å². The summed E-state index contributed by atoms with van der Waals surface area (Å²) >= 11 is 0. The molecule has 1 aromatic rings. The number of nitrogens with two attached hydrogens (primary N) is 1. The molecule has 0 unspecified atom stereocenters. The van der Waals surface area contributed by atoms with Crippen LogP contribution in [0.25, 0.3) is 0 Å². The number of anilines is 2. The quantitative estimate of drug-likeness (QED) is 0.628. The van der Waals surface area contributed by atoms with E-state index in [-0.39, 0.29) is 17.3 Å². The first-order valence-electron chi connectivity index (χ1n) is 6.26. The zero-order valence-electron chi connectivity index (χ0n) is 10.9. The third kappa shape index (κ3) is 2.93. The molecule has 1 fully saturated rings. The summed E-state index contributed by atoms with van der Waals surface area (Å²) in [5, 5.41) is 21.3. The summed E-state index contributed by atoms with van der Waals surface area (Å²) in [5.74, 6) is 0.427. The maximum Gasteiger partial charge on any atom is 0.311 e. The largest absolute Gasteiger partial charge is 0.388 e. The van der Waals surface area contributed by atoms with E-state index in [1.165, 1.54) is 12.1 Å². The maximum atomic E-state index is 11.0. The number of aromatic nitrogens is 1. The van der Waals surface area contributed by atoms with Gasteiger partial charge in [-0.1, -0.05) is 12.8 Å². The second kappa shape index (κ2) is 5.00. The zero-order valence-corrected chi connectivity index (χ0v) is 10.9. The van der Waals surface area contributed by atoms with E-state index in [2.05, 4.69) is 4.98 Å². The highest BCUT2D eigenvalue weighted by Gasteiger charge is 2.34. The number of aliphatic hydroxyl groups is 1. The van der Waals surface area contributed by atoms with Crippen molar-refractivity contribution in [2.24, 2.45) is 0 Å². The lowest BCUT2D eigenvalue weighted by Crippen LogP contribution is -2.39. The summed E-state index contributed by atoms with van der Waals surface area (Å²) in [4.78, 5) is 16.1. The molecule has 7 nitrogen and oxygen atoms in total. The van der Waals surface area contributed by atoms with Crippen LogP contribution >= 0.6 is 0 Å². The van der Waals surface area contributed by atoms with Gasteiger partial charge in [0.25, 0.3) is 0 Å². The standard InChI is InChI=1S/C12H18N4O3/c1-15(8-12(17)6-2-3-7-12)11-9(16(18)19)4-5-10(13)14-11/h4-5,17H,2-3,6-8H2,1H3,(H2,13,14). The summed E-state index contributed by atoms with van der Waals surface area (Å²) in [7, 11) is 1.69. The Balaban J connectivity index is 2.24. The van der Waals surface area contributed by atoms with Gasteiger partial charge in [-0.25, -0.2) is 4.98 Å². The second-order valence-corrected chi connectivity index (χ2v) is 5.12. The number of pyridine rings is 1. The molecular formula is C12H18N4O3. The van der Waals surface area contributed by atoms with E-state index in [0.717, 1.165) is 12.8 Å². The molecule has 2 rings (SSSR count). The molecule has 0 atom stereocenters. The molecule has 0 amide bonds. The Morgan fingerprint density at radius 3 is 2.74 bits per heavy atom. The molecule has 0 spiro atoms. The Hall–Kier alpha value is -1.89. The fourth-order valence-electron chi connectivity index (χ4n) is 2.59. The van der Waals surface area contributed by atoms with Gasteiger partial charge in [-0.05, 0) is 18.9 Å². The van der Waals surface area contributed by atoms with Crippen LogP contribution in [0.2, 0.25) is 0 Å². The molecule has 104 valence electrons. The molecule has 0 aliphatic heterocycles. The van der Waals surface area contributed by atoms with Crippen LogP contribution in [0.1, 0.15) is 25.7 Å². The van der Waals surface area contributed by atoms with E-state index in [0.29, 0.717) is 19.4 Å². The Morgan fingerprint density at radius 2 is 2.16 bits per heavy atom. The van der Waals surface area contributed by atoms with Crippen LogP contribution in [0.3, 0.4) is 0 Å². The Kier molecular flexibility index (Phi) is 3.57. The molecule has 1 aliphatic carbocycles. The molecular weight excluding hydrogens is 248 g/mol. The van der Waals surface area contributed by atoms with Gasteiger partial charge in [0.15, 0.2) is 0 Å². The van der Waals surface area contributed by atoms with Crippen LogP contribution in [-0.2, 0) is 0 Å². The predicted octanol–water partition coefficient (Wildman–Crippen LogP) is 1.31. The Bertz CT molecular complexity index is 486. The number of hydrogen-bond donors (Lipinski definition) is 2. The SMILES string of the molecule is CN(CC1(O)CCCC1)c1nc(N)ccc1[N+](=O)[O-]. The molecule has 1 aliphatic rings. The monoisotopic (exact) mass is 266 g/mol. The van der Waals surface area contributed by atoms with Crippen molar-refractivity contribution < 1.29 is 10.0 Å². The van der Waals surface area contributed by atoms with Crippen LogP contribution in [0.15, 0.2) is 12.1 Å². The number of nitrogens with zero attached hydrogens (tertiary/aromatic N) is 3. The van der Waals surface area contributed by atoms with E-state index >= 15 is 0 Å². The first-order valence-corrected chi connectivity index (χ1v) is 6.26. The highest BCUT2D eigenvalue weighted by molar-refractivity contribution is 5.60. The topological polar surface area (TPSA) is 106 Å². The molecule has 0 saturated heterocycles. The van der Waals surface area contributed by atoms with Gasteiger partial charge >= 0.3 is 5.69 Å². The van der Waals surface area contributed by atoms with Crippen molar-refractivity contribution in [1.82, 2.24) is 4.98 Å². The van der Waals surface area contributed by atoms with Crippen molar-refractivity contribution in [2.75, 3.05) is 24.2 Å². The van der Waals surface area contributed by atoms with Gasteiger partial charge in [-0.15, -0.1) is 0 Å². The minimum atomic E-state index is -0.783. The van der Waals surface area contributed by atoms with Crippen molar-refractivity contribution in [3.63, 3.8) is 0 Å². The van der Waals surface area contributed by atoms with E-state index in [4.69, 9.17) is 5.73 Å². The summed E-state index contributed by atoms with van der Waals surface area (Å²) in [5.41, 5.74) is 4.70. The second-order valence-electron chi connectivity index (χ2n) is 5.12. The average molecular weight is 266 g/mol. The van der Waals surface area contributed by atoms with Crippen LogP contribution in [0, 0.1) is 10.1 Å². The number of rotatable bonds is 4. The van der Waals surface area contributed by atoms with Crippen LogP contribution in [0.5, 0.6) is 0 Å². The normalized spacial score (nSPS) is 17.4. The first-order chi connectivity index (χ1) is 8.91. The molecule has 19 heavy (non-hydrogen) atoms. The van der Waals surface area contributed by atoms with Crippen LogP contribution in [0.4, 0.5) is 17.3 Å². The van der Waals surface area contributed by atoms with Crippen molar-refractivity contribution in [2.45, 2.75) is 31.3 Å². The summed E-state index contributed by atoms with van der Waals surface area (Å²) in [6, 6.07) is 2.74. The van der Waals surface area contributed by atoms with E-state index in [1.54, 1.807) is 11.9 Å². The van der Waals surface area contributed by atoms with E-state index in [9.17, 15) is 15.2 Å². The molecule has 1 heterocycles. The maximum absolute atomic E-state index is 11.0. The molecule has 1 aromatic heterocycles. The summed E-state index contributed by atoms with van der Waals surface area (Å²) in [6.07, 6.45) is 3.40. The number of nitro groups is 1. The van der Waals surface area contributed by atoms with Crippen LogP contribution in [-0.4, -0.2) is 34.2 Å². The van der Waals surface area contributed by atoms with Gasteiger partial charge in [0, 0.05) is 19.7 Å². The molecule has 0 bridgehead atoms. The van der Waals surface area contributed by atoms with Gasteiger partial charge in [0.05, 0.1) is 10.5 Å². The van der Waals surface area contributed by atoms with Crippen molar-refractivity contribution in [1.29, 1.82) is 0 Å². The van der Waals surface area contributed by atoms with Gasteiger partial charge in [-0.3, -0.25) is 10.1 Å². The minimum absolute atomic E-state index is 0.0988. The third-order valence-corrected chi connectivity index (χ3v) is 3.50.